The Kier molecular flexibility index (Phi) is 6.44. The summed E-state index contributed by atoms with van der Waals surface area (Å²) >= 11 is 0. The van der Waals surface area contributed by atoms with Crippen LogP contribution in [-0.4, -0.2) is 45.0 Å². The van der Waals surface area contributed by atoms with Crippen molar-refractivity contribution in [1.29, 1.82) is 0 Å². The number of nitrogens with zero attached hydrogens (tertiary/aromatic N) is 2. The standard InChI is InChI=1S/C21H25N3O3/c1-16-3-8-20(17(2)13-16)23-21(25)15-27-22-14-18-4-6-19(7-5-18)24-9-11-26-12-10-24/h3-8,13-14H,9-12,15H2,1-2H3,(H,23,25)/b22-14+. The number of ether oxygens (including phenoxy) is 1. The Morgan fingerprint density at radius 3 is 2.63 bits per heavy atom. The van der Waals surface area contributed by atoms with Crippen molar-refractivity contribution in [3.63, 3.8) is 0 Å². The van der Waals surface area contributed by atoms with E-state index in [4.69, 9.17) is 9.57 Å². The molecular formula is C21H25N3O3. The summed E-state index contributed by atoms with van der Waals surface area (Å²) in [5.41, 5.74) is 5.06. The van der Waals surface area contributed by atoms with Gasteiger partial charge < -0.3 is 19.8 Å². The fourth-order valence-corrected chi connectivity index (χ4v) is 2.93. The van der Waals surface area contributed by atoms with E-state index in [0.717, 1.165) is 48.7 Å². The Morgan fingerprint density at radius 2 is 1.93 bits per heavy atom. The van der Waals surface area contributed by atoms with E-state index >= 15 is 0 Å². The third-order valence-electron chi connectivity index (χ3n) is 4.40. The Balaban J connectivity index is 1.45. The molecule has 1 heterocycles. The van der Waals surface area contributed by atoms with Gasteiger partial charge in [0.15, 0.2) is 6.61 Å². The average molecular weight is 367 g/mol. The molecule has 1 aliphatic rings. The smallest absolute Gasteiger partial charge is 0.265 e. The molecule has 1 N–H and O–H groups in total. The normalized spacial score (nSPS) is 14.4. The molecule has 2 aromatic carbocycles. The Bertz CT molecular complexity index is 797. The van der Waals surface area contributed by atoms with Crippen LogP contribution in [0.5, 0.6) is 0 Å². The first-order valence-corrected chi connectivity index (χ1v) is 9.07. The zero-order valence-electron chi connectivity index (χ0n) is 15.8. The molecule has 6 nitrogen and oxygen atoms in total. The van der Waals surface area contributed by atoms with Crippen LogP contribution in [-0.2, 0) is 14.4 Å². The number of hydrogen-bond acceptors (Lipinski definition) is 5. The number of anilines is 2. The van der Waals surface area contributed by atoms with Crippen LogP contribution < -0.4 is 10.2 Å². The van der Waals surface area contributed by atoms with Gasteiger partial charge in [-0.2, -0.15) is 0 Å². The second-order valence-corrected chi connectivity index (χ2v) is 6.57. The molecule has 0 aromatic heterocycles. The molecular weight excluding hydrogens is 342 g/mol. The number of benzene rings is 2. The number of amides is 1. The second-order valence-electron chi connectivity index (χ2n) is 6.57. The minimum atomic E-state index is -0.234. The number of nitrogens with one attached hydrogen (secondary N) is 1. The van der Waals surface area contributed by atoms with E-state index in [1.165, 1.54) is 5.69 Å². The maximum absolute atomic E-state index is 12.0. The number of aryl methyl sites for hydroxylation is 2. The van der Waals surface area contributed by atoms with E-state index < -0.39 is 0 Å². The predicted octanol–water partition coefficient (Wildman–Crippen LogP) is 3.13. The maximum atomic E-state index is 12.0. The highest BCUT2D eigenvalue weighted by molar-refractivity contribution is 5.92. The molecule has 1 saturated heterocycles. The van der Waals surface area contributed by atoms with Crippen LogP contribution in [0.3, 0.4) is 0 Å². The molecule has 1 amide bonds. The molecule has 0 radical (unpaired) electrons. The minimum absolute atomic E-state index is 0.129. The summed E-state index contributed by atoms with van der Waals surface area (Å²) in [5, 5.41) is 6.71. The van der Waals surface area contributed by atoms with Crippen LogP contribution in [0.2, 0.25) is 0 Å². The molecule has 1 aliphatic heterocycles. The fourth-order valence-electron chi connectivity index (χ4n) is 2.93. The Hall–Kier alpha value is -2.86. The lowest BCUT2D eigenvalue weighted by atomic mass is 10.1. The van der Waals surface area contributed by atoms with Gasteiger partial charge in [-0.15, -0.1) is 0 Å². The van der Waals surface area contributed by atoms with Crippen LogP contribution in [0.4, 0.5) is 11.4 Å². The van der Waals surface area contributed by atoms with Gasteiger partial charge in [0, 0.05) is 24.5 Å². The predicted molar refractivity (Wildman–Crippen MR) is 108 cm³/mol. The summed E-state index contributed by atoms with van der Waals surface area (Å²) in [6, 6.07) is 13.9. The number of rotatable bonds is 6. The van der Waals surface area contributed by atoms with Crippen LogP contribution >= 0.6 is 0 Å². The number of carbonyl (C=O) groups excluding carboxylic acids is 1. The summed E-state index contributed by atoms with van der Waals surface area (Å²) in [6.45, 7) is 7.20. The molecule has 2 aromatic rings. The molecule has 3 rings (SSSR count). The summed E-state index contributed by atoms with van der Waals surface area (Å²) < 4.78 is 5.37. The Labute approximate surface area is 159 Å². The van der Waals surface area contributed by atoms with Crippen LogP contribution in [0, 0.1) is 13.8 Å². The zero-order chi connectivity index (χ0) is 19.1. The highest BCUT2D eigenvalue weighted by Crippen LogP contribution is 2.17. The molecule has 142 valence electrons. The summed E-state index contributed by atoms with van der Waals surface area (Å²) in [6.07, 6.45) is 1.60. The van der Waals surface area contributed by atoms with Crippen molar-refractivity contribution in [3.8, 4) is 0 Å². The Morgan fingerprint density at radius 1 is 1.19 bits per heavy atom. The summed E-state index contributed by atoms with van der Waals surface area (Å²) in [7, 11) is 0. The van der Waals surface area contributed by atoms with E-state index in [-0.39, 0.29) is 12.5 Å². The molecule has 6 heteroatoms. The van der Waals surface area contributed by atoms with Gasteiger partial charge >= 0.3 is 0 Å². The number of morpholine rings is 1. The third kappa shape index (κ3) is 5.56. The van der Waals surface area contributed by atoms with Gasteiger partial charge in [0.05, 0.1) is 19.4 Å². The second kappa shape index (κ2) is 9.19. The lowest BCUT2D eigenvalue weighted by Crippen LogP contribution is -2.36. The quantitative estimate of drug-likeness (QED) is 0.629. The lowest BCUT2D eigenvalue weighted by molar-refractivity contribution is -0.120. The fraction of sp³-hybridized carbons (Fsp3) is 0.333. The van der Waals surface area contributed by atoms with Crippen LogP contribution in [0.15, 0.2) is 47.6 Å². The van der Waals surface area contributed by atoms with Crippen LogP contribution in [0.25, 0.3) is 0 Å². The minimum Gasteiger partial charge on any atom is -0.386 e. The van der Waals surface area contributed by atoms with Gasteiger partial charge in [0.25, 0.3) is 5.91 Å². The number of oxime groups is 1. The van der Waals surface area contributed by atoms with Crippen molar-refractivity contribution in [2.75, 3.05) is 43.1 Å². The van der Waals surface area contributed by atoms with E-state index in [9.17, 15) is 4.79 Å². The summed E-state index contributed by atoms with van der Waals surface area (Å²) in [5.74, 6) is -0.234. The number of carbonyl (C=O) groups is 1. The van der Waals surface area contributed by atoms with Gasteiger partial charge in [-0.3, -0.25) is 4.79 Å². The first-order valence-electron chi connectivity index (χ1n) is 9.07. The highest BCUT2D eigenvalue weighted by atomic mass is 16.6. The van der Waals surface area contributed by atoms with Crippen molar-refractivity contribution in [2.45, 2.75) is 13.8 Å². The van der Waals surface area contributed by atoms with Crippen molar-refractivity contribution < 1.29 is 14.4 Å². The lowest BCUT2D eigenvalue weighted by Gasteiger charge is -2.28. The molecule has 0 spiro atoms. The first-order chi connectivity index (χ1) is 13.1. The van der Waals surface area contributed by atoms with Gasteiger partial charge in [0.1, 0.15) is 0 Å². The maximum Gasteiger partial charge on any atom is 0.265 e. The SMILES string of the molecule is Cc1ccc(NC(=O)CO/N=C/c2ccc(N3CCOCC3)cc2)c(C)c1. The average Bonchev–Trinajstić information content (AvgIpc) is 2.69. The number of hydrogen-bond donors (Lipinski definition) is 1. The molecule has 0 aliphatic carbocycles. The zero-order valence-corrected chi connectivity index (χ0v) is 15.8. The van der Waals surface area contributed by atoms with Gasteiger partial charge in [-0.25, -0.2) is 0 Å². The van der Waals surface area contributed by atoms with Crippen molar-refractivity contribution in [3.05, 3.63) is 59.2 Å². The molecule has 0 saturated carbocycles. The first kappa shape index (κ1) is 18.9. The molecule has 0 unspecified atom stereocenters. The van der Waals surface area contributed by atoms with Crippen molar-refractivity contribution in [1.82, 2.24) is 0 Å². The molecule has 27 heavy (non-hydrogen) atoms. The third-order valence-corrected chi connectivity index (χ3v) is 4.40. The van der Waals surface area contributed by atoms with Gasteiger partial charge in [0.2, 0.25) is 0 Å². The highest BCUT2D eigenvalue weighted by Gasteiger charge is 2.10. The van der Waals surface area contributed by atoms with E-state index in [0.29, 0.717) is 0 Å². The monoisotopic (exact) mass is 367 g/mol. The van der Waals surface area contributed by atoms with E-state index in [1.807, 2.05) is 44.2 Å². The van der Waals surface area contributed by atoms with Gasteiger partial charge in [-0.1, -0.05) is 35.0 Å². The van der Waals surface area contributed by atoms with Crippen molar-refractivity contribution >= 4 is 23.5 Å². The van der Waals surface area contributed by atoms with Gasteiger partial charge in [-0.05, 0) is 43.2 Å². The van der Waals surface area contributed by atoms with E-state index in [2.05, 4.69) is 27.5 Å². The largest absolute Gasteiger partial charge is 0.386 e. The molecule has 0 atom stereocenters. The topological polar surface area (TPSA) is 63.2 Å². The molecule has 0 bridgehead atoms. The van der Waals surface area contributed by atoms with E-state index in [1.54, 1.807) is 6.21 Å². The summed E-state index contributed by atoms with van der Waals surface area (Å²) in [4.78, 5) is 19.4. The van der Waals surface area contributed by atoms with Crippen LogP contribution in [0.1, 0.15) is 16.7 Å². The van der Waals surface area contributed by atoms with Crippen molar-refractivity contribution in [2.24, 2.45) is 5.16 Å². The molecule has 1 fully saturated rings.